The lowest BCUT2D eigenvalue weighted by molar-refractivity contribution is 0.0711. The first-order valence-electron chi connectivity index (χ1n) is 10.5. The van der Waals surface area contributed by atoms with Crippen molar-refractivity contribution in [2.24, 2.45) is 5.10 Å². The van der Waals surface area contributed by atoms with Crippen molar-refractivity contribution in [3.63, 3.8) is 0 Å². The minimum atomic E-state index is -3.47. The molecule has 0 aromatic heterocycles. The van der Waals surface area contributed by atoms with E-state index in [4.69, 9.17) is 5.10 Å². The molecule has 0 spiro atoms. The molecule has 3 aromatic carbocycles. The van der Waals surface area contributed by atoms with E-state index in [1.54, 1.807) is 24.3 Å². The molecule has 7 nitrogen and oxygen atoms in total. The van der Waals surface area contributed by atoms with Crippen LogP contribution in [0.5, 0.6) is 0 Å². The van der Waals surface area contributed by atoms with E-state index in [-0.39, 0.29) is 11.9 Å². The Morgan fingerprint density at radius 2 is 1.61 bits per heavy atom. The largest absolute Gasteiger partial charge is 0.378 e. The second-order valence-corrected chi connectivity index (χ2v) is 9.94. The third-order valence-corrected chi connectivity index (χ3v) is 6.06. The van der Waals surface area contributed by atoms with Crippen molar-refractivity contribution in [3.8, 4) is 0 Å². The molecule has 0 radical (unpaired) electrons. The quantitative estimate of drug-likeness (QED) is 0.598. The zero-order valence-electron chi connectivity index (χ0n) is 18.8. The first kappa shape index (κ1) is 22.5. The number of hydrogen-bond donors (Lipinski definition) is 1. The van der Waals surface area contributed by atoms with Crippen LogP contribution in [0.4, 0.5) is 11.4 Å². The van der Waals surface area contributed by atoms with Crippen LogP contribution in [0.25, 0.3) is 0 Å². The molecule has 170 valence electrons. The normalized spacial score (nSPS) is 15.8. The Hall–Kier alpha value is -3.65. The maximum atomic E-state index is 13.4. The molecule has 0 aliphatic carbocycles. The maximum Gasteiger partial charge on any atom is 0.274 e. The van der Waals surface area contributed by atoms with Crippen LogP contribution >= 0.6 is 0 Å². The number of hydrogen-bond acceptors (Lipinski definition) is 5. The van der Waals surface area contributed by atoms with E-state index >= 15 is 0 Å². The van der Waals surface area contributed by atoms with Gasteiger partial charge < -0.3 is 4.90 Å². The van der Waals surface area contributed by atoms with Crippen molar-refractivity contribution in [1.29, 1.82) is 0 Å². The average Bonchev–Trinajstić information content (AvgIpc) is 3.24. The van der Waals surface area contributed by atoms with E-state index < -0.39 is 10.0 Å². The summed E-state index contributed by atoms with van der Waals surface area (Å²) in [6.07, 6.45) is 1.57. The second kappa shape index (κ2) is 9.07. The third kappa shape index (κ3) is 5.06. The van der Waals surface area contributed by atoms with Gasteiger partial charge in [0, 0.05) is 37.3 Å². The number of para-hydroxylation sites is 1. The van der Waals surface area contributed by atoms with Gasteiger partial charge in [-0.15, -0.1) is 0 Å². The van der Waals surface area contributed by atoms with E-state index in [0.29, 0.717) is 28.9 Å². The van der Waals surface area contributed by atoms with Gasteiger partial charge in [-0.3, -0.25) is 9.52 Å². The number of rotatable bonds is 6. The number of hydrazone groups is 1. The molecule has 1 amide bonds. The van der Waals surface area contributed by atoms with Crippen molar-refractivity contribution in [3.05, 3.63) is 95.6 Å². The van der Waals surface area contributed by atoms with Gasteiger partial charge in [0.15, 0.2) is 0 Å². The van der Waals surface area contributed by atoms with Crippen LogP contribution in [0.15, 0.2) is 84.0 Å². The molecule has 3 aromatic rings. The van der Waals surface area contributed by atoms with Gasteiger partial charge in [-0.2, -0.15) is 5.10 Å². The molecule has 1 aliphatic heterocycles. The molecular formula is C25H26N4O3S. The first-order valence-corrected chi connectivity index (χ1v) is 12.4. The fraction of sp³-hybridized carbons (Fsp3) is 0.200. The van der Waals surface area contributed by atoms with Gasteiger partial charge in [-0.1, -0.05) is 48.5 Å². The van der Waals surface area contributed by atoms with Gasteiger partial charge in [0.05, 0.1) is 23.7 Å². The summed E-state index contributed by atoms with van der Waals surface area (Å²) in [6.45, 7) is 0. The Morgan fingerprint density at radius 1 is 0.970 bits per heavy atom. The Labute approximate surface area is 194 Å². The van der Waals surface area contributed by atoms with Gasteiger partial charge in [-0.05, 0) is 35.9 Å². The van der Waals surface area contributed by atoms with Gasteiger partial charge in [0.2, 0.25) is 10.0 Å². The number of carbonyl (C=O) groups excluding carboxylic acids is 1. The summed E-state index contributed by atoms with van der Waals surface area (Å²) in [7, 11) is 0.479. The highest BCUT2D eigenvalue weighted by atomic mass is 32.2. The summed E-state index contributed by atoms with van der Waals surface area (Å²) in [6, 6.07) is 23.9. The van der Waals surface area contributed by atoms with Crippen molar-refractivity contribution in [1.82, 2.24) is 5.01 Å². The Morgan fingerprint density at radius 3 is 2.24 bits per heavy atom. The van der Waals surface area contributed by atoms with Crippen molar-refractivity contribution in [2.75, 3.05) is 30.0 Å². The third-order valence-electron chi connectivity index (χ3n) is 5.47. The van der Waals surface area contributed by atoms with Crippen LogP contribution in [0.2, 0.25) is 0 Å². The highest BCUT2D eigenvalue weighted by Gasteiger charge is 2.34. The molecule has 0 saturated heterocycles. The van der Waals surface area contributed by atoms with Gasteiger partial charge in [0.25, 0.3) is 5.91 Å². The zero-order chi connectivity index (χ0) is 23.6. The highest BCUT2D eigenvalue weighted by Crippen LogP contribution is 2.36. The molecular weight excluding hydrogens is 436 g/mol. The summed E-state index contributed by atoms with van der Waals surface area (Å²) in [5.74, 6) is -0.208. The van der Waals surface area contributed by atoms with Gasteiger partial charge in [0.1, 0.15) is 0 Å². The lowest BCUT2D eigenvalue weighted by Crippen LogP contribution is -2.27. The Bertz CT molecular complexity index is 1290. The average molecular weight is 463 g/mol. The molecule has 1 N–H and O–H groups in total. The molecule has 4 rings (SSSR count). The standard InChI is InChI=1S/C25H26N4O3S/c1-28(2)20-15-13-18(14-16-20)24-17-23(21-11-7-8-12-22(21)27-33(3,31)32)26-29(24)25(30)19-9-5-4-6-10-19/h4-16,24,27H,17H2,1-3H3/t24-/m1/s1. The summed E-state index contributed by atoms with van der Waals surface area (Å²) >= 11 is 0. The summed E-state index contributed by atoms with van der Waals surface area (Å²) < 4.78 is 26.3. The Kier molecular flexibility index (Phi) is 6.20. The van der Waals surface area contributed by atoms with E-state index in [1.807, 2.05) is 73.6 Å². The minimum absolute atomic E-state index is 0.208. The summed E-state index contributed by atoms with van der Waals surface area (Å²) in [5.41, 5.74) is 4.29. The number of amides is 1. The predicted octanol–water partition coefficient (Wildman–Crippen LogP) is 4.12. The molecule has 8 heteroatoms. The van der Waals surface area contributed by atoms with Crippen LogP contribution in [0.1, 0.15) is 33.9 Å². The molecule has 1 aliphatic rings. The zero-order valence-corrected chi connectivity index (χ0v) is 19.6. The summed E-state index contributed by atoms with van der Waals surface area (Å²) in [5, 5.41) is 6.20. The maximum absolute atomic E-state index is 13.4. The Balaban J connectivity index is 1.75. The van der Waals surface area contributed by atoms with Gasteiger partial charge >= 0.3 is 0 Å². The van der Waals surface area contributed by atoms with Crippen molar-refractivity contribution in [2.45, 2.75) is 12.5 Å². The fourth-order valence-electron chi connectivity index (χ4n) is 3.85. The molecule has 0 saturated carbocycles. The lowest BCUT2D eigenvalue weighted by atomic mass is 9.97. The van der Waals surface area contributed by atoms with E-state index in [2.05, 4.69) is 4.72 Å². The van der Waals surface area contributed by atoms with E-state index in [0.717, 1.165) is 17.5 Å². The van der Waals surface area contributed by atoms with Crippen LogP contribution < -0.4 is 9.62 Å². The van der Waals surface area contributed by atoms with Gasteiger partial charge in [-0.25, -0.2) is 13.4 Å². The number of anilines is 2. The number of nitrogens with zero attached hydrogens (tertiary/aromatic N) is 3. The van der Waals surface area contributed by atoms with Crippen LogP contribution in [0.3, 0.4) is 0 Å². The monoisotopic (exact) mass is 462 g/mol. The van der Waals surface area contributed by atoms with Crippen molar-refractivity contribution >= 4 is 33.0 Å². The van der Waals surface area contributed by atoms with E-state index in [1.165, 1.54) is 5.01 Å². The minimum Gasteiger partial charge on any atom is -0.378 e. The molecule has 0 fully saturated rings. The SMILES string of the molecule is CN(C)c1ccc([C@H]2CC(c3ccccc3NS(C)(=O)=O)=NN2C(=O)c2ccccc2)cc1. The van der Waals surface area contributed by atoms with E-state index in [9.17, 15) is 13.2 Å². The lowest BCUT2D eigenvalue weighted by Gasteiger charge is -2.23. The molecule has 33 heavy (non-hydrogen) atoms. The predicted molar refractivity (Wildman–Crippen MR) is 132 cm³/mol. The van der Waals surface area contributed by atoms with Crippen LogP contribution in [-0.2, 0) is 10.0 Å². The van der Waals surface area contributed by atoms with Crippen LogP contribution in [0, 0.1) is 0 Å². The fourth-order valence-corrected chi connectivity index (χ4v) is 4.43. The first-order chi connectivity index (χ1) is 15.7. The number of benzene rings is 3. The van der Waals surface area contributed by atoms with Crippen molar-refractivity contribution < 1.29 is 13.2 Å². The summed E-state index contributed by atoms with van der Waals surface area (Å²) in [4.78, 5) is 15.4. The smallest absolute Gasteiger partial charge is 0.274 e. The molecule has 0 bridgehead atoms. The number of carbonyl (C=O) groups is 1. The number of sulfonamides is 1. The topological polar surface area (TPSA) is 82.1 Å². The highest BCUT2D eigenvalue weighted by molar-refractivity contribution is 7.92. The number of nitrogens with one attached hydrogen (secondary N) is 1. The molecule has 0 unspecified atom stereocenters. The molecule has 1 heterocycles. The molecule has 1 atom stereocenters. The second-order valence-electron chi connectivity index (χ2n) is 8.19. The van der Waals surface area contributed by atoms with Crippen LogP contribution in [-0.4, -0.2) is 45.4 Å².